The van der Waals surface area contributed by atoms with Crippen molar-refractivity contribution in [1.82, 2.24) is 0 Å². The average Bonchev–Trinajstić information content (AvgIpc) is 2.46. The topological polar surface area (TPSA) is 38.3 Å². The van der Waals surface area contributed by atoms with Crippen molar-refractivity contribution in [2.24, 2.45) is 0 Å². The lowest BCUT2D eigenvalue weighted by Gasteiger charge is -2.34. The largest absolute Gasteiger partial charge is 0.462 e. The van der Waals surface area contributed by atoms with E-state index in [2.05, 4.69) is 4.74 Å². The summed E-state index contributed by atoms with van der Waals surface area (Å²) in [6.45, 7) is 0. The zero-order valence-electron chi connectivity index (χ0n) is 12.2. The molecule has 0 aromatic heterocycles. The van der Waals surface area contributed by atoms with Crippen molar-refractivity contribution in [2.75, 3.05) is 5.32 Å². The Balaban J connectivity index is 3.27. The van der Waals surface area contributed by atoms with E-state index in [1.54, 1.807) is 22.6 Å². The third-order valence-corrected chi connectivity index (χ3v) is 3.47. The van der Waals surface area contributed by atoms with Gasteiger partial charge >= 0.3 is 30.2 Å². The molecule has 0 aliphatic rings. The first kappa shape index (κ1) is 23.6. The number of hydrogen-bond donors (Lipinski definition) is 1. The zero-order valence-corrected chi connectivity index (χ0v) is 14.3. The van der Waals surface area contributed by atoms with E-state index >= 15 is 0 Å². The Morgan fingerprint density at radius 3 is 1.63 bits per heavy atom. The van der Waals surface area contributed by atoms with Gasteiger partial charge in [-0.15, -0.1) is 0 Å². The van der Waals surface area contributed by atoms with Gasteiger partial charge in [0.15, 0.2) is 0 Å². The van der Waals surface area contributed by atoms with Gasteiger partial charge < -0.3 is 5.32 Å². The summed E-state index contributed by atoms with van der Waals surface area (Å²) in [7, 11) is 0. The van der Waals surface area contributed by atoms with E-state index in [1.807, 2.05) is 0 Å². The first-order valence-corrected chi connectivity index (χ1v) is 7.28. The number of rotatable bonds is 5. The molecule has 27 heavy (non-hydrogen) atoms. The second-order valence-corrected chi connectivity index (χ2v) is 5.99. The highest BCUT2D eigenvalue weighted by Gasteiger charge is 2.79. The van der Waals surface area contributed by atoms with Gasteiger partial charge in [0.1, 0.15) is 0 Å². The number of anilines is 1. The van der Waals surface area contributed by atoms with E-state index in [1.165, 1.54) is 0 Å². The van der Waals surface area contributed by atoms with Gasteiger partial charge in [0.05, 0.1) is 0 Å². The molecule has 1 unspecified atom stereocenters. The van der Waals surface area contributed by atoms with Crippen molar-refractivity contribution >= 4 is 34.2 Å². The number of hydrogen-bond acceptors (Lipinski definition) is 2. The Labute approximate surface area is 156 Å². The molecule has 3 nitrogen and oxygen atoms in total. The highest BCUT2D eigenvalue weighted by atomic mass is 127. The van der Waals surface area contributed by atoms with E-state index in [0.29, 0.717) is 3.57 Å². The molecule has 15 heteroatoms. The minimum Gasteiger partial charge on any atom is -0.321 e. The van der Waals surface area contributed by atoms with Crippen LogP contribution in [0.2, 0.25) is 0 Å². The Morgan fingerprint density at radius 2 is 1.26 bits per heavy atom. The Kier molecular flexibility index (Phi) is 6.32. The quantitative estimate of drug-likeness (QED) is 0.416. The van der Waals surface area contributed by atoms with Crippen LogP contribution in [0.15, 0.2) is 24.3 Å². The van der Waals surface area contributed by atoms with Crippen molar-refractivity contribution in [3.05, 3.63) is 27.8 Å². The summed E-state index contributed by atoms with van der Waals surface area (Å²) in [4.78, 5) is 11.4. The molecule has 1 aromatic rings. The fourth-order valence-corrected chi connectivity index (χ4v) is 1.74. The summed E-state index contributed by atoms with van der Waals surface area (Å²) in [5.41, 5.74) is -0.610. The molecule has 154 valence electrons. The summed E-state index contributed by atoms with van der Waals surface area (Å²) in [6.07, 6.45) is -20.9. The van der Waals surface area contributed by atoms with Gasteiger partial charge in [0.25, 0.3) is 5.91 Å². The summed E-state index contributed by atoms with van der Waals surface area (Å²) >= 11 is 1.71. The van der Waals surface area contributed by atoms with Crippen LogP contribution < -0.4 is 5.32 Å². The van der Waals surface area contributed by atoms with Crippen LogP contribution in [0.5, 0.6) is 0 Å². The van der Waals surface area contributed by atoms with E-state index in [0.717, 1.165) is 29.6 Å². The number of nitrogens with one attached hydrogen (secondary N) is 1. The molecule has 0 aliphatic heterocycles. The molecular weight excluding hydrogens is 526 g/mol. The van der Waals surface area contributed by atoms with Crippen molar-refractivity contribution in [2.45, 2.75) is 30.2 Å². The maximum Gasteiger partial charge on any atom is 0.462 e. The lowest BCUT2D eigenvalue weighted by atomic mass is 10.2. The predicted octanol–water partition coefficient (Wildman–Crippen LogP) is 5.26. The average molecular weight is 531 g/mol. The van der Waals surface area contributed by atoms with Crippen molar-refractivity contribution in [3.8, 4) is 0 Å². The molecule has 0 fully saturated rings. The molecule has 0 heterocycles. The third-order valence-electron chi connectivity index (χ3n) is 2.75. The van der Waals surface area contributed by atoms with Crippen LogP contribution in [0.3, 0.4) is 0 Å². The van der Waals surface area contributed by atoms with Crippen LogP contribution in [0.25, 0.3) is 0 Å². The number of alkyl halides is 11. The zero-order chi connectivity index (χ0) is 21.5. The van der Waals surface area contributed by atoms with Crippen molar-refractivity contribution in [1.29, 1.82) is 0 Å². The van der Waals surface area contributed by atoms with E-state index < -0.39 is 41.8 Å². The SMILES string of the molecule is O=C(Nc1ccc(I)cc1)C(F)(OC(F)(F)C(F)(F)C(F)(F)F)C(F)(F)F. The number of carbonyl (C=O) groups excluding carboxylic acids is 1. The van der Waals surface area contributed by atoms with Gasteiger partial charge in [-0.05, 0) is 46.9 Å². The fraction of sp³-hybridized carbons (Fsp3) is 0.417. The fourth-order valence-electron chi connectivity index (χ4n) is 1.38. The van der Waals surface area contributed by atoms with Crippen LogP contribution in [-0.2, 0) is 9.53 Å². The Morgan fingerprint density at radius 1 is 0.815 bits per heavy atom. The first-order chi connectivity index (χ1) is 11.8. The normalized spacial score (nSPS) is 16.0. The minimum atomic E-state index is -7.23. The van der Waals surface area contributed by atoms with Crippen LogP contribution in [0.1, 0.15) is 0 Å². The van der Waals surface area contributed by atoms with E-state index in [-0.39, 0.29) is 0 Å². The molecule has 1 atom stereocenters. The number of benzene rings is 1. The van der Waals surface area contributed by atoms with Crippen LogP contribution in [0, 0.1) is 3.57 Å². The second-order valence-electron chi connectivity index (χ2n) is 4.75. The van der Waals surface area contributed by atoms with Gasteiger partial charge in [0, 0.05) is 9.26 Å². The predicted molar refractivity (Wildman–Crippen MR) is 74.7 cm³/mol. The van der Waals surface area contributed by atoms with E-state index in [4.69, 9.17) is 0 Å². The monoisotopic (exact) mass is 531 g/mol. The summed E-state index contributed by atoms with van der Waals surface area (Å²) < 4.78 is 142. The second kappa shape index (κ2) is 7.21. The third kappa shape index (κ3) is 4.72. The smallest absolute Gasteiger partial charge is 0.321 e. The molecule has 0 spiro atoms. The number of amides is 1. The number of ether oxygens (including phenoxy) is 1. The molecule has 0 bridgehead atoms. The lowest BCUT2D eigenvalue weighted by Crippen LogP contribution is -2.62. The molecule has 0 saturated heterocycles. The van der Waals surface area contributed by atoms with Crippen LogP contribution >= 0.6 is 22.6 Å². The van der Waals surface area contributed by atoms with Crippen LogP contribution in [-0.4, -0.2) is 36.1 Å². The first-order valence-electron chi connectivity index (χ1n) is 6.20. The lowest BCUT2D eigenvalue weighted by molar-refractivity contribution is -0.472. The molecule has 0 saturated carbocycles. The van der Waals surface area contributed by atoms with Gasteiger partial charge in [-0.1, -0.05) is 0 Å². The van der Waals surface area contributed by atoms with Crippen molar-refractivity contribution in [3.63, 3.8) is 0 Å². The number of carbonyl (C=O) groups is 1. The summed E-state index contributed by atoms with van der Waals surface area (Å²) in [5, 5.41) is 1.11. The Bertz CT molecular complexity index is 686. The summed E-state index contributed by atoms with van der Waals surface area (Å²) in [5.74, 6) is -16.5. The molecule has 1 aromatic carbocycles. The van der Waals surface area contributed by atoms with Gasteiger partial charge in [-0.2, -0.15) is 48.3 Å². The maximum absolute atomic E-state index is 13.9. The highest BCUT2D eigenvalue weighted by Crippen LogP contribution is 2.51. The molecular formula is C12H5F11INO2. The molecule has 0 aliphatic carbocycles. The van der Waals surface area contributed by atoms with Crippen molar-refractivity contribution < 1.29 is 57.8 Å². The van der Waals surface area contributed by atoms with Gasteiger partial charge in [-0.3, -0.25) is 9.53 Å². The Hall–Kier alpha value is -1.39. The highest BCUT2D eigenvalue weighted by molar-refractivity contribution is 14.1. The van der Waals surface area contributed by atoms with Crippen LogP contribution in [0.4, 0.5) is 54.0 Å². The molecule has 0 radical (unpaired) electrons. The maximum atomic E-state index is 13.9. The summed E-state index contributed by atoms with van der Waals surface area (Å²) in [6, 6.07) is 4.08. The molecule has 1 amide bonds. The van der Waals surface area contributed by atoms with E-state index in [9.17, 15) is 53.1 Å². The molecule has 1 rings (SSSR count). The number of halogens is 12. The minimum absolute atomic E-state index is 0.473. The van der Waals surface area contributed by atoms with Gasteiger partial charge in [-0.25, -0.2) is 0 Å². The molecule has 1 N–H and O–H groups in total. The van der Waals surface area contributed by atoms with Gasteiger partial charge in [0.2, 0.25) is 0 Å². The standard InChI is InChI=1S/C12H5F11INO2/c13-8(10(16,17)18,7(26)25-6-3-1-5(24)2-4-6)27-12(22,23)9(14,15)11(19,20)21/h1-4H,(H,25,26).